The predicted octanol–water partition coefficient (Wildman–Crippen LogP) is 4.34. The zero-order valence-electron chi connectivity index (χ0n) is 17.5. The number of rotatable bonds is 7. The first-order valence-corrected chi connectivity index (χ1v) is 10.2. The number of carbonyl (C=O) groups excluding carboxylic acids is 2. The van der Waals surface area contributed by atoms with Crippen molar-refractivity contribution in [2.75, 3.05) is 5.32 Å². The van der Waals surface area contributed by atoms with Crippen LogP contribution in [0, 0.1) is 6.92 Å². The second-order valence-electron chi connectivity index (χ2n) is 7.14. The predicted molar refractivity (Wildman–Crippen MR) is 126 cm³/mol. The summed E-state index contributed by atoms with van der Waals surface area (Å²) in [5, 5.41) is 3.29. The summed E-state index contributed by atoms with van der Waals surface area (Å²) in [7, 11) is 0. The van der Waals surface area contributed by atoms with Crippen molar-refractivity contribution in [1.82, 2.24) is 0 Å². The second-order valence-corrected chi connectivity index (χ2v) is 7.55. The molecular weight excluding hydrogens is 428 g/mol. The molecule has 0 aliphatic rings. The number of ether oxygens (including phenoxy) is 1. The minimum Gasteiger partial charge on any atom is -0.423 e. The average Bonchev–Trinajstić information content (AvgIpc) is 2.73. The Labute approximate surface area is 191 Å². The molecule has 0 radical (unpaired) electrons. The molecule has 5 N–H and O–H groups in total. The molecule has 0 unspecified atom stereocenters. The summed E-state index contributed by atoms with van der Waals surface area (Å²) in [4.78, 5) is 28.5. The fraction of sp³-hybridized carbons (Fsp3) is 0.125. The van der Waals surface area contributed by atoms with Crippen molar-refractivity contribution in [2.45, 2.75) is 19.8 Å². The van der Waals surface area contributed by atoms with E-state index in [0.717, 1.165) is 16.8 Å². The maximum atomic E-state index is 12.4. The number of hydrogen-bond donors (Lipinski definition) is 3. The fourth-order valence-corrected chi connectivity index (χ4v) is 3.24. The van der Waals surface area contributed by atoms with Crippen LogP contribution in [0.5, 0.6) is 5.75 Å². The van der Waals surface area contributed by atoms with E-state index in [9.17, 15) is 9.59 Å². The van der Waals surface area contributed by atoms with Crippen molar-refractivity contribution in [2.24, 2.45) is 16.5 Å². The van der Waals surface area contributed by atoms with Gasteiger partial charge in [-0.3, -0.25) is 4.79 Å². The fourth-order valence-electron chi connectivity index (χ4n) is 2.98. The zero-order chi connectivity index (χ0) is 23.1. The van der Waals surface area contributed by atoms with Crippen LogP contribution in [0.25, 0.3) is 0 Å². The number of benzene rings is 3. The first-order valence-electron chi connectivity index (χ1n) is 9.87. The Hall–Kier alpha value is -3.84. The smallest absolute Gasteiger partial charge is 0.343 e. The van der Waals surface area contributed by atoms with Gasteiger partial charge in [-0.2, -0.15) is 0 Å². The molecule has 3 aromatic rings. The monoisotopic (exact) mass is 450 g/mol. The lowest BCUT2D eigenvalue weighted by molar-refractivity contribution is -0.116. The number of hydrogen-bond acceptors (Lipinski definition) is 4. The van der Waals surface area contributed by atoms with Gasteiger partial charge in [0.1, 0.15) is 5.75 Å². The van der Waals surface area contributed by atoms with Gasteiger partial charge in [-0.25, -0.2) is 9.79 Å². The minimum absolute atomic E-state index is 0.0669. The number of amides is 1. The lowest BCUT2D eigenvalue weighted by Crippen LogP contribution is -2.21. The van der Waals surface area contributed by atoms with Crippen LogP contribution in [0.1, 0.15) is 27.9 Å². The van der Waals surface area contributed by atoms with E-state index in [1.54, 1.807) is 42.5 Å². The maximum absolute atomic E-state index is 12.4. The maximum Gasteiger partial charge on any atom is 0.343 e. The highest BCUT2D eigenvalue weighted by Gasteiger charge is 2.11. The standard InChI is InChI=1S/C24H23ClN4O3/c1-15-3-2-4-19(13-15)28-22(30)12-8-16-7-11-20(14-21(16)25)32-23(31)17-5-9-18(10-6-17)29-24(26)27/h2-7,9-11,13-14H,8,12H2,1H3,(H,28,30)(H4,26,27,29). The minimum atomic E-state index is -0.539. The topological polar surface area (TPSA) is 120 Å². The van der Waals surface area contributed by atoms with E-state index in [0.29, 0.717) is 28.4 Å². The molecule has 0 heterocycles. The summed E-state index contributed by atoms with van der Waals surface area (Å²) in [5.74, 6) is -0.405. The first kappa shape index (κ1) is 22.8. The van der Waals surface area contributed by atoms with Crippen LogP contribution < -0.4 is 21.5 Å². The van der Waals surface area contributed by atoms with E-state index in [4.69, 9.17) is 27.8 Å². The molecule has 0 aliphatic heterocycles. The number of aliphatic imine (C=N–C) groups is 1. The molecule has 7 nitrogen and oxygen atoms in total. The van der Waals surface area contributed by atoms with Gasteiger partial charge in [0, 0.05) is 17.1 Å². The summed E-state index contributed by atoms with van der Waals surface area (Å²) in [6, 6.07) is 18.9. The van der Waals surface area contributed by atoms with Gasteiger partial charge in [0.05, 0.1) is 11.3 Å². The summed E-state index contributed by atoms with van der Waals surface area (Å²) >= 11 is 6.33. The number of esters is 1. The molecule has 1 amide bonds. The van der Waals surface area contributed by atoms with Crippen LogP contribution in [0.3, 0.4) is 0 Å². The van der Waals surface area contributed by atoms with Crippen LogP contribution in [-0.4, -0.2) is 17.8 Å². The van der Waals surface area contributed by atoms with Gasteiger partial charge in [0.2, 0.25) is 5.91 Å². The Bertz CT molecular complexity index is 1160. The Balaban J connectivity index is 1.56. The number of nitrogens with one attached hydrogen (secondary N) is 1. The molecule has 0 aromatic heterocycles. The van der Waals surface area contributed by atoms with Gasteiger partial charge >= 0.3 is 5.97 Å². The lowest BCUT2D eigenvalue weighted by Gasteiger charge is -2.09. The SMILES string of the molecule is Cc1cccc(NC(=O)CCc2ccc(OC(=O)c3ccc(N=C(N)N)cc3)cc2Cl)c1. The van der Waals surface area contributed by atoms with E-state index in [2.05, 4.69) is 10.3 Å². The highest BCUT2D eigenvalue weighted by atomic mass is 35.5. The number of carbonyl (C=O) groups is 2. The molecule has 0 atom stereocenters. The molecule has 0 saturated carbocycles. The van der Waals surface area contributed by atoms with Crippen molar-refractivity contribution in [3.05, 3.63) is 88.4 Å². The van der Waals surface area contributed by atoms with Crippen molar-refractivity contribution in [3.63, 3.8) is 0 Å². The highest BCUT2D eigenvalue weighted by Crippen LogP contribution is 2.25. The average molecular weight is 451 g/mol. The largest absolute Gasteiger partial charge is 0.423 e. The second kappa shape index (κ2) is 10.5. The van der Waals surface area contributed by atoms with Crippen LogP contribution in [0.2, 0.25) is 5.02 Å². The van der Waals surface area contributed by atoms with Gasteiger partial charge < -0.3 is 21.5 Å². The highest BCUT2D eigenvalue weighted by molar-refractivity contribution is 6.31. The number of halogens is 1. The Kier molecular flexibility index (Phi) is 7.46. The number of guanidine groups is 1. The van der Waals surface area contributed by atoms with E-state index in [-0.39, 0.29) is 18.3 Å². The molecule has 8 heteroatoms. The normalized spacial score (nSPS) is 10.3. The van der Waals surface area contributed by atoms with Gasteiger partial charge in [0.15, 0.2) is 5.96 Å². The van der Waals surface area contributed by atoms with E-state index in [1.807, 2.05) is 31.2 Å². The Morgan fingerprint density at radius 2 is 1.78 bits per heavy atom. The summed E-state index contributed by atoms with van der Waals surface area (Å²) in [6.07, 6.45) is 0.728. The van der Waals surface area contributed by atoms with Gasteiger partial charge in [-0.05, 0) is 73.0 Å². The summed E-state index contributed by atoms with van der Waals surface area (Å²) < 4.78 is 5.39. The first-order chi connectivity index (χ1) is 15.3. The Morgan fingerprint density at radius 3 is 2.44 bits per heavy atom. The van der Waals surface area contributed by atoms with Crippen molar-refractivity contribution in [3.8, 4) is 5.75 Å². The van der Waals surface area contributed by atoms with Gasteiger partial charge in [-0.15, -0.1) is 0 Å². The molecule has 3 aromatic carbocycles. The molecule has 0 fully saturated rings. The molecule has 0 saturated heterocycles. The molecule has 0 aliphatic carbocycles. The molecule has 164 valence electrons. The third kappa shape index (κ3) is 6.58. The van der Waals surface area contributed by atoms with Crippen molar-refractivity contribution >= 4 is 40.8 Å². The molecule has 0 bridgehead atoms. The Morgan fingerprint density at radius 1 is 1.03 bits per heavy atom. The lowest BCUT2D eigenvalue weighted by atomic mass is 10.1. The molecular formula is C24H23ClN4O3. The summed E-state index contributed by atoms with van der Waals surface area (Å²) in [6.45, 7) is 1.96. The molecule has 32 heavy (non-hydrogen) atoms. The van der Waals surface area contributed by atoms with Crippen LogP contribution in [-0.2, 0) is 11.2 Å². The summed E-state index contributed by atoms with van der Waals surface area (Å²) in [5.41, 5.74) is 14.1. The third-order valence-electron chi connectivity index (χ3n) is 4.52. The molecule has 0 spiro atoms. The number of aryl methyl sites for hydroxylation is 2. The van der Waals surface area contributed by atoms with E-state index >= 15 is 0 Å². The zero-order valence-corrected chi connectivity index (χ0v) is 18.2. The van der Waals surface area contributed by atoms with E-state index < -0.39 is 5.97 Å². The van der Waals surface area contributed by atoms with Gasteiger partial charge in [-0.1, -0.05) is 29.8 Å². The van der Waals surface area contributed by atoms with Crippen molar-refractivity contribution < 1.29 is 14.3 Å². The third-order valence-corrected chi connectivity index (χ3v) is 4.87. The van der Waals surface area contributed by atoms with Crippen LogP contribution in [0.4, 0.5) is 11.4 Å². The van der Waals surface area contributed by atoms with Crippen LogP contribution >= 0.6 is 11.6 Å². The number of nitrogens with two attached hydrogens (primary N) is 2. The van der Waals surface area contributed by atoms with Gasteiger partial charge in [0.25, 0.3) is 0 Å². The molecule has 3 rings (SSSR count). The van der Waals surface area contributed by atoms with Crippen LogP contribution in [0.15, 0.2) is 71.7 Å². The quantitative estimate of drug-likeness (QED) is 0.214. The number of nitrogens with zero attached hydrogens (tertiary/aromatic N) is 1. The number of anilines is 1. The van der Waals surface area contributed by atoms with E-state index in [1.165, 1.54) is 0 Å². The van der Waals surface area contributed by atoms with Crippen molar-refractivity contribution in [1.29, 1.82) is 0 Å².